The molecule has 0 bridgehead atoms. The van der Waals surface area contributed by atoms with Crippen molar-refractivity contribution in [3.05, 3.63) is 35.4 Å². The molecule has 1 atom stereocenters. The van der Waals surface area contributed by atoms with Crippen LogP contribution in [0.15, 0.2) is 24.3 Å². The Labute approximate surface area is 105 Å². The van der Waals surface area contributed by atoms with Gasteiger partial charge in [-0.25, -0.2) is 9.59 Å². The second kappa shape index (κ2) is 5.08. The summed E-state index contributed by atoms with van der Waals surface area (Å²) in [6.07, 6.45) is -0.533. The van der Waals surface area contributed by atoms with Gasteiger partial charge in [0.25, 0.3) is 0 Å². The van der Waals surface area contributed by atoms with E-state index in [1.807, 2.05) is 31.2 Å². The highest BCUT2D eigenvalue weighted by atomic mass is 16.6. The maximum absolute atomic E-state index is 11.7. The zero-order valence-electron chi connectivity index (χ0n) is 10.4. The quantitative estimate of drug-likeness (QED) is 0.750. The first-order chi connectivity index (χ1) is 8.58. The number of carbonyl (C=O) groups is 2. The van der Waals surface area contributed by atoms with Crippen molar-refractivity contribution in [2.24, 2.45) is 0 Å². The summed E-state index contributed by atoms with van der Waals surface area (Å²) in [4.78, 5) is 24.1. The molecule has 0 aromatic heterocycles. The number of cyclic esters (lactones) is 1. The molecule has 0 saturated carbocycles. The standard InChI is InChI=1S/C13H15NO4/c1-9-3-5-11(6-4-9)7-17-13(16)14-8-18-12(15)10(14)2/h3-6,10H,7-8H2,1-2H3. The predicted octanol–water partition coefficient (Wildman–Crippen LogP) is 1.84. The van der Waals surface area contributed by atoms with E-state index in [0.29, 0.717) is 0 Å². The SMILES string of the molecule is Cc1ccc(COC(=O)N2COC(=O)C2C)cc1. The van der Waals surface area contributed by atoms with Crippen molar-refractivity contribution in [3.63, 3.8) is 0 Å². The first kappa shape index (κ1) is 12.4. The molecule has 1 aromatic carbocycles. The second-order valence-electron chi connectivity index (χ2n) is 4.28. The number of aryl methyl sites for hydroxylation is 1. The molecule has 1 unspecified atom stereocenters. The van der Waals surface area contributed by atoms with Crippen molar-refractivity contribution < 1.29 is 19.1 Å². The summed E-state index contributed by atoms with van der Waals surface area (Å²) in [6.45, 7) is 3.76. The predicted molar refractivity (Wildman–Crippen MR) is 63.6 cm³/mol. The van der Waals surface area contributed by atoms with Gasteiger partial charge in [-0.05, 0) is 19.4 Å². The summed E-state index contributed by atoms with van der Waals surface area (Å²) >= 11 is 0. The number of nitrogens with zero attached hydrogens (tertiary/aromatic N) is 1. The molecule has 1 fully saturated rings. The van der Waals surface area contributed by atoms with E-state index in [1.54, 1.807) is 6.92 Å². The van der Waals surface area contributed by atoms with Crippen LogP contribution in [-0.2, 0) is 20.9 Å². The molecule has 5 heteroatoms. The maximum atomic E-state index is 11.7. The van der Waals surface area contributed by atoms with Gasteiger partial charge in [0.05, 0.1) is 0 Å². The highest BCUT2D eigenvalue weighted by Gasteiger charge is 2.35. The van der Waals surface area contributed by atoms with Crippen LogP contribution in [-0.4, -0.2) is 29.7 Å². The van der Waals surface area contributed by atoms with Crippen LogP contribution in [0, 0.1) is 6.92 Å². The molecule has 2 rings (SSSR count). The van der Waals surface area contributed by atoms with Crippen LogP contribution in [0.2, 0.25) is 0 Å². The van der Waals surface area contributed by atoms with E-state index in [0.717, 1.165) is 11.1 Å². The molecule has 1 aromatic rings. The van der Waals surface area contributed by atoms with Crippen LogP contribution >= 0.6 is 0 Å². The van der Waals surface area contributed by atoms with Crippen LogP contribution in [0.4, 0.5) is 4.79 Å². The Morgan fingerprint density at radius 2 is 2.11 bits per heavy atom. The van der Waals surface area contributed by atoms with E-state index in [2.05, 4.69) is 0 Å². The van der Waals surface area contributed by atoms with Gasteiger partial charge in [0.15, 0.2) is 6.73 Å². The third kappa shape index (κ3) is 2.61. The van der Waals surface area contributed by atoms with E-state index in [1.165, 1.54) is 4.90 Å². The van der Waals surface area contributed by atoms with Crippen molar-refractivity contribution >= 4 is 12.1 Å². The molecule has 0 radical (unpaired) electrons. The molecule has 5 nitrogen and oxygen atoms in total. The van der Waals surface area contributed by atoms with Crippen LogP contribution in [0.5, 0.6) is 0 Å². The maximum Gasteiger partial charge on any atom is 0.413 e. The largest absolute Gasteiger partial charge is 0.444 e. The van der Waals surface area contributed by atoms with Gasteiger partial charge in [0.2, 0.25) is 0 Å². The van der Waals surface area contributed by atoms with Gasteiger partial charge in [-0.15, -0.1) is 0 Å². The molecular formula is C13H15NO4. The summed E-state index contributed by atoms with van der Waals surface area (Å²) in [6, 6.07) is 7.13. The molecule has 96 valence electrons. The van der Waals surface area contributed by atoms with Crippen LogP contribution in [0.1, 0.15) is 18.1 Å². The fourth-order valence-corrected chi connectivity index (χ4v) is 1.62. The molecule has 18 heavy (non-hydrogen) atoms. The van der Waals surface area contributed by atoms with Crippen molar-refractivity contribution in [3.8, 4) is 0 Å². The van der Waals surface area contributed by atoms with Gasteiger partial charge in [-0.1, -0.05) is 29.8 Å². The number of carbonyl (C=O) groups excluding carboxylic acids is 2. The molecule has 1 amide bonds. The molecule has 0 N–H and O–H groups in total. The van der Waals surface area contributed by atoms with Crippen LogP contribution < -0.4 is 0 Å². The summed E-state index contributed by atoms with van der Waals surface area (Å²) < 4.78 is 9.88. The lowest BCUT2D eigenvalue weighted by molar-refractivity contribution is -0.138. The Morgan fingerprint density at radius 3 is 2.67 bits per heavy atom. The molecule has 0 aliphatic carbocycles. The number of esters is 1. The zero-order valence-corrected chi connectivity index (χ0v) is 10.4. The van der Waals surface area contributed by atoms with Gasteiger partial charge in [-0.3, -0.25) is 4.90 Å². The Bertz CT molecular complexity index is 455. The van der Waals surface area contributed by atoms with Crippen LogP contribution in [0.3, 0.4) is 0 Å². The summed E-state index contributed by atoms with van der Waals surface area (Å²) in [7, 11) is 0. The first-order valence-corrected chi connectivity index (χ1v) is 5.73. The highest BCUT2D eigenvalue weighted by Crippen LogP contribution is 2.13. The molecule has 1 aliphatic heterocycles. The smallest absolute Gasteiger partial charge is 0.413 e. The Hall–Kier alpha value is -2.04. The number of rotatable bonds is 2. The monoisotopic (exact) mass is 249 g/mol. The number of amides is 1. The van der Waals surface area contributed by atoms with E-state index in [4.69, 9.17) is 9.47 Å². The lowest BCUT2D eigenvalue weighted by Crippen LogP contribution is -2.36. The summed E-state index contributed by atoms with van der Waals surface area (Å²) in [5.41, 5.74) is 2.06. The Balaban J connectivity index is 1.89. The molecule has 1 saturated heterocycles. The summed E-state index contributed by atoms with van der Waals surface area (Å²) in [5, 5.41) is 0. The lowest BCUT2D eigenvalue weighted by Gasteiger charge is -2.16. The Morgan fingerprint density at radius 1 is 1.44 bits per heavy atom. The fraction of sp³-hybridized carbons (Fsp3) is 0.385. The average Bonchev–Trinajstić information content (AvgIpc) is 2.69. The number of ether oxygens (including phenoxy) is 2. The minimum Gasteiger partial charge on any atom is -0.444 e. The van der Waals surface area contributed by atoms with E-state index in [9.17, 15) is 9.59 Å². The molecule has 1 heterocycles. The second-order valence-corrected chi connectivity index (χ2v) is 4.28. The normalized spacial score (nSPS) is 18.7. The zero-order chi connectivity index (χ0) is 13.1. The van der Waals surface area contributed by atoms with Gasteiger partial charge >= 0.3 is 12.1 Å². The topological polar surface area (TPSA) is 55.8 Å². The summed E-state index contributed by atoms with van der Waals surface area (Å²) in [5.74, 6) is -0.401. The van der Waals surface area contributed by atoms with E-state index in [-0.39, 0.29) is 13.3 Å². The third-order valence-electron chi connectivity index (χ3n) is 2.87. The van der Waals surface area contributed by atoms with Gasteiger partial charge < -0.3 is 9.47 Å². The van der Waals surface area contributed by atoms with Crippen molar-refractivity contribution in [1.82, 2.24) is 4.90 Å². The minimum absolute atomic E-state index is 0.0350. The highest BCUT2D eigenvalue weighted by molar-refractivity contribution is 5.83. The molecule has 0 spiro atoms. The number of hydrogen-bond acceptors (Lipinski definition) is 4. The minimum atomic E-state index is -0.574. The van der Waals surface area contributed by atoms with E-state index < -0.39 is 18.1 Å². The first-order valence-electron chi connectivity index (χ1n) is 5.73. The van der Waals surface area contributed by atoms with Crippen LogP contribution in [0.25, 0.3) is 0 Å². The van der Waals surface area contributed by atoms with Crippen molar-refractivity contribution in [2.75, 3.05) is 6.73 Å². The van der Waals surface area contributed by atoms with Crippen molar-refractivity contribution in [1.29, 1.82) is 0 Å². The van der Waals surface area contributed by atoms with Crippen molar-refractivity contribution in [2.45, 2.75) is 26.5 Å². The third-order valence-corrected chi connectivity index (χ3v) is 2.87. The van der Waals surface area contributed by atoms with Gasteiger partial charge in [-0.2, -0.15) is 0 Å². The number of hydrogen-bond donors (Lipinski definition) is 0. The fourth-order valence-electron chi connectivity index (χ4n) is 1.62. The lowest BCUT2D eigenvalue weighted by atomic mass is 10.2. The van der Waals surface area contributed by atoms with E-state index >= 15 is 0 Å². The van der Waals surface area contributed by atoms with Gasteiger partial charge in [0.1, 0.15) is 12.6 Å². The van der Waals surface area contributed by atoms with Gasteiger partial charge in [0, 0.05) is 0 Å². The molecule has 1 aliphatic rings. The average molecular weight is 249 g/mol. The number of benzene rings is 1. The molecular weight excluding hydrogens is 234 g/mol. The Kier molecular flexibility index (Phi) is 3.50.